The quantitative estimate of drug-likeness (QED) is 0.207. The Labute approximate surface area is 309 Å². The standard InChI is InChI=1S/C40H46FN7O5/c1-4-21-46(39(51)43-24-29-12-16-32(41)17-13-29)47-27-37(49)48-35(23-28-14-18-33(19-15-28)53-40(52)42-20-22-44(2)3)38(50)45(26-36(47)48)25-31-10-7-9-30-8-5-6-11-34(30)31/h5-19,35-36H,4,20-27H2,1-3H3,(H,42,52)(H,43,51)/t35-,36+/m0/s1. The lowest BCUT2D eigenvalue weighted by Crippen LogP contribution is -2.66. The van der Waals surface area contributed by atoms with Crippen LogP contribution in [0.15, 0.2) is 91.0 Å². The summed E-state index contributed by atoms with van der Waals surface area (Å²) in [6.07, 6.45) is -0.307. The van der Waals surface area contributed by atoms with Crippen LogP contribution in [-0.2, 0) is 29.1 Å². The number of hydrazine groups is 1. The number of urea groups is 1. The minimum absolute atomic E-state index is 0.0732. The molecule has 2 aliphatic rings. The van der Waals surface area contributed by atoms with Crippen LogP contribution in [0.1, 0.15) is 30.0 Å². The first-order chi connectivity index (χ1) is 25.6. The fourth-order valence-corrected chi connectivity index (χ4v) is 6.90. The Balaban J connectivity index is 1.25. The molecule has 5 amide bonds. The fraction of sp³-hybridized carbons (Fsp3) is 0.350. The van der Waals surface area contributed by atoms with Gasteiger partial charge in [0, 0.05) is 39.1 Å². The number of nitrogens with zero attached hydrogens (tertiary/aromatic N) is 5. The molecule has 0 saturated carbocycles. The number of fused-ring (bicyclic) bond motifs is 2. The normalized spacial score (nSPS) is 17.3. The summed E-state index contributed by atoms with van der Waals surface area (Å²) < 4.78 is 18.9. The SMILES string of the molecule is CCCN(C(=O)NCc1ccc(F)cc1)N1CC(=O)N2[C@@H](Cc3ccc(OC(=O)NCCN(C)C)cc3)C(=O)N(Cc3cccc4ccccc34)C[C@@H]21. The lowest BCUT2D eigenvalue weighted by molar-refractivity contribution is -0.157. The Hall–Kier alpha value is -5.53. The molecule has 13 heteroatoms. The molecular formula is C40H46FN7O5. The number of likely N-dealkylation sites (N-methyl/N-ethyl adjacent to an activating group) is 1. The van der Waals surface area contributed by atoms with Crippen LogP contribution in [0.3, 0.4) is 0 Å². The molecule has 2 saturated heterocycles. The zero-order valence-electron chi connectivity index (χ0n) is 30.3. The molecule has 4 aromatic rings. The summed E-state index contributed by atoms with van der Waals surface area (Å²) in [7, 11) is 3.83. The molecule has 0 aromatic heterocycles. The maximum atomic E-state index is 14.5. The molecular weight excluding hydrogens is 677 g/mol. The highest BCUT2D eigenvalue weighted by molar-refractivity contribution is 5.92. The maximum Gasteiger partial charge on any atom is 0.412 e. The molecule has 2 N–H and O–H groups in total. The van der Waals surface area contributed by atoms with Crippen molar-refractivity contribution in [1.29, 1.82) is 0 Å². The van der Waals surface area contributed by atoms with Crippen LogP contribution < -0.4 is 15.4 Å². The third-order valence-corrected chi connectivity index (χ3v) is 9.54. The number of rotatable bonds is 13. The lowest BCUT2D eigenvalue weighted by Gasteiger charge is -2.46. The van der Waals surface area contributed by atoms with Gasteiger partial charge in [-0.1, -0.05) is 73.7 Å². The second-order valence-corrected chi connectivity index (χ2v) is 13.6. The Kier molecular flexibility index (Phi) is 11.9. The van der Waals surface area contributed by atoms with Crippen LogP contribution in [0.5, 0.6) is 5.75 Å². The van der Waals surface area contributed by atoms with Crippen LogP contribution in [0.4, 0.5) is 14.0 Å². The van der Waals surface area contributed by atoms with E-state index in [4.69, 9.17) is 4.74 Å². The molecule has 278 valence electrons. The van der Waals surface area contributed by atoms with Gasteiger partial charge in [0.2, 0.25) is 11.8 Å². The third kappa shape index (κ3) is 8.93. The van der Waals surface area contributed by atoms with Gasteiger partial charge < -0.3 is 30.1 Å². The Morgan fingerprint density at radius 1 is 0.887 bits per heavy atom. The van der Waals surface area contributed by atoms with Gasteiger partial charge in [-0.05, 0) is 72.2 Å². The van der Waals surface area contributed by atoms with E-state index in [1.165, 1.54) is 12.1 Å². The van der Waals surface area contributed by atoms with E-state index in [9.17, 15) is 23.6 Å². The molecule has 4 aromatic carbocycles. The van der Waals surface area contributed by atoms with Gasteiger partial charge in [-0.2, -0.15) is 5.01 Å². The van der Waals surface area contributed by atoms with Gasteiger partial charge in [0.1, 0.15) is 23.8 Å². The van der Waals surface area contributed by atoms with E-state index in [1.54, 1.807) is 56.2 Å². The summed E-state index contributed by atoms with van der Waals surface area (Å²) in [5.74, 6) is -0.444. The molecule has 0 bridgehead atoms. The van der Waals surface area contributed by atoms with E-state index in [1.807, 2.05) is 68.4 Å². The zero-order valence-corrected chi connectivity index (χ0v) is 30.3. The highest BCUT2D eigenvalue weighted by atomic mass is 19.1. The number of amides is 5. The van der Waals surface area contributed by atoms with E-state index in [-0.39, 0.29) is 49.7 Å². The molecule has 12 nitrogen and oxygen atoms in total. The number of halogens is 1. The number of hydrogen-bond donors (Lipinski definition) is 2. The van der Waals surface area contributed by atoms with Gasteiger partial charge in [-0.3, -0.25) is 14.6 Å². The Bertz CT molecular complexity index is 1920. The molecule has 0 aliphatic carbocycles. The van der Waals surface area contributed by atoms with E-state index in [0.29, 0.717) is 38.3 Å². The summed E-state index contributed by atoms with van der Waals surface area (Å²) in [5, 5.41) is 11.1. The van der Waals surface area contributed by atoms with Crippen molar-refractivity contribution in [2.45, 2.75) is 45.1 Å². The van der Waals surface area contributed by atoms with Crippen molar-refractivity contribution in [2.75, 3.05) is 46.8 Å². The summed E-state index contributed by atoms with van der Waals surface area (Å²) in [6, 6.07) is 25.7. The molecule has 2 heterocycles. The molecule has 0 spiro atoms. The molecule has 2 aliphatic heterocycles. The monoisotopic (exact) mass is 723 g/mol. The number of nitrogens with one attached hydrogen (secondary N) is 2. The first-order valence-corrected chi connectivity index (χ1v) is 17.9. The van der Waals surface area contributed by atoms with E-state index >= 15 is 0 Å². The van der Waals surface area contributed by atoms with Gasteiger partial charge in [-0.25, -0.2) is 14.0 Å². The van der Waals surface area contributed by atoms with Crippen molar-refractivity contribution >= 4 is 34.7 Å². The van der Waals surface area contributed by atoms with Crippen LogP contribution in [0.2, 0.25) is 0 Å². The van der Waals surface area contributed by atoms with Crippen molar-refractivity contribution in [3.8, 4) is 5.75 Å². The smallest absolute Gasteiger partial charge is 0.410 e. The third-order valence-electron chi connectivity index (χ3n) is 9.54. The average Bonchev–Trinajstić information content (AvgIpc) is 3.47. The topological polar surface area (TPSA) is 118 Å². The molecule has 0 unspecified atom stereocenters. The first kappa shape index (κ1) is 37.2. The number of ether oxygens (including phenoxy) is 1. The van der Waals surface area contributed by atoms with Gasteiger partial charge in [-0.15, -0.1) is 0 Å². The second kappa shape index (κ2) is 16.9. The maximum absolute atomic E-state index is 14.5. The predicted molar refractivity (Wildman–Crippen MR) is 199 cm³/mol. The van der Waals surface area contributed by atoms with Crippen molar-refractivity contribution in [1.82, 2.24) is 35.4 Å². The average molecular weight is 724 g/mol. The molecule has 53 heavy (non-hydrogen) atoms. The van der Waals surface area contributed by atoms with Crippen molar-refractivity contribution in [3.05, 3.63) is 114 Å². The highest BCUT2D eigenvalue weighted by Crippen LogP contribution is 2.31. The van der Waals surface area contributed by atoms with Crippen LogP contribution in [0, 0.1) is 5.82 Å². The minimum atomic E-state index is -0.840. The van der Waals surface area contributed by atoms with Crippen LogP contribution in [0.25, 0.3) is 10.8 Å². The summed E-state index contributed by atoms with van der Waals surface area (Å²) in [6.45, 7) is 4.05. The Morgan fingerprint density at radius 3 is 2.34 bits per heavy atom. The lowest BCUT2D eigenvalue weighted by atomic mass is 9.99. The minimum Gasteiger partial charge on any atom is -0.410 e. The Morgan fingerprint density at radius 2 is 1.60 bits per heavy atom. The summed E-state index contributed by atoms with van der Waals surface area (Å²) in [5.41, 5.74) is 2.50. The van der Waals surface area contributed by atoms with Gasteiger partial charge >= 0.3 is 12.1 Å². The number of carbonyl (C=O) groups is 4. The van der Waals surface area contributed by atoms with Crippen molar-refractivity contribution in [2.24, 2.45) is 0 Å². The van der Waals surface area contributed by atoms with Gasteiger partial charge in [0.05, 0.1) is 13.1 Å². The molecule has 2 fully saturated rings. The number of piperazine rings is 1. The first-order valence-electron chi connectivity index (χ1n) is 17.9. The van der Waals surface area contributed by atoms with Gasteiger partial charge in [0.15, 0.2) is 0 Å². The predicted octanol–water partition coefficient (Wildman–Crippen LogP) is 4.59. The van der Waals surface area contributed by atoms with E-state index in [2.05, 4.69) is 10.6 Å². The molecule has 2 atom stereocenters. The largest absolute Gasteiger partial charge is 0.412 e. The summed E-state index contributed by atoms with van der Waals surface area (Å²) in [4.78, 5) is 59.7. The van der Waals surface area contributed by atoms with Crippen molar-refractivity contribution < 1.29 is 28.3 Å². The van der Waals surface area contributed by atoms with Crippen LogP contribution >= 0.6 is 0 Å². The van der Waals surface area contributed by atoms with Crippen LogP contribution in [-0.4, -0.2) is 108 Å². The van der Waals surface area contributed by atoms with E-state index in [0.717, 1.165) is 27.5 Å². The second-order valence-electron chi connectivity index (χ2n) is 13.6. The van der Waals surface area contributed by atoms with Gasteiger partial charge in [0.25, 0.3) is 0 Å². The number of hydrogen-bond acceptors (Lipinski definition) is 7. The number of benzene rings is 4. The van der Waals surface area contributed by atoms with Crippen molar-refractivity contribution in [3.63, 3.8) is 0 Å². The number of carbonyl (C=O) groups excluding carboxylic acids is 4. The highest BCUT2D eigenvalue weighted by Gasteiger charge is 2.52. The fourth-order valence-electron chi connectivity index (χ4n) is 6.90. The zero-order chi connectivity index (χ0) is 37.5. The molecule has 6 rings (SSSR count). The summed E-state index contributed by atoms with van der Waals surface area (Å²) >= 11 is 0. The van der Waals surface area contributed by atoms with E-state index < -0.39 is 18.3 Å². The molecule has 0 radical (unpaired) electrons.